The monoisotopic (exact) mass is 420 g/mol. The highest BCUT2D eigenvalue weighted by Gasteiger charge is 2.14. The number of hydrogen-bond acceptors (Lipinski definition) is 7. The van der Waals surface area contributed by atoms with Crippen LogP contribution in [0, 0.1) is 19.3 Å². The number of hydrogen-bond donors (Lipinski definition) is 0. The lowest BCUT2D eigenvalue weighted by molar-refractivity contribution is 0.282. The molecule has 0 saturated carbocycles. The summed E-state index contributed by atoms with van der Waals surface area (Å²) in [7, 11) is 1.55. The van der Waals surface area contributed by atoms with Crippen LogP contribution in [-0.4, -0.2) is 41.2 Å². The highest BCUT2D eigenvalue weighted by atomic mass is 16.5. The molecule has 0 N–H and O–H groups in total. The van der Waals surface area contributed by atoms with Gasteiger partial charge in [-0.25, -0.2) is 4.79 Å². The minimum absolute atomic E-state index is 0.210. The van der Waals surface area contributed by atoms with Gasteiger partial charge in [0, 0.05) is 25.2 Å². The highest BCUT2D eigenvalue weighted by molar-refractivity contribution is 5.97. The van der Waals surface area contributed by atoms with Crippen molar-refractivity contribution in [2.45, 2.75) is 40.3 Å². The first-order valence-electron chi connectivity index (χ1n) is 9.73. The minimum Gasteiger partial charge on any atom is -0.475 e. The molecule has 0 atom stereocenters. The van der Waals surface area contributed by atoms with E-state index in [0.29, 0.717) is 30.3 Å². The van der Waals surface area contributed by atoms with Gasteiger partial charge < -0.3 is 4.74 Å². The molecule has 10 heteroatoms. The molecule has 0 aliphatic carbocycles. The summed E-state index contributed by atoms with van der Waals surface area (Å²) < 4.78 is 10.0. The molecule has 0 fully saturated rings. The van der Waals surface area contributed by atoms with Gasteiger partial charge in [-0.3, -0.25) is 4.68 Å². The van der Waals surface area contributed by atoms with E-state index in [1.165, 1.54) is 9.36 Å². The van der Waals surface area contributed by atoms with Crippen LogP contribution in [0.25, 0.3) is 5.69 Å². The zero-order valence-corrected chi connectivity index (χ0v) is 18.0. The smallest absolute Gasteiger partial charge is 0.368 e. The first kappa shape index (κ1) is 21.7. The summed E-state index contributed by atoms with van der Waals surface area (Å²) in [5.41, 5.74) is 3.53. The second-order valence-electron chi connectivity index (χ2n) is 6.77. The van der Waals surface area contributed by atoms with Crippen molar-refractivity contribution in [1.82, 2.24) is 29.6 Å². The number of benzene rings is 1. The molecule has 0 spiro atoms. The van der Waals surface area contributed by atoms with Gasteiger partial charge in [-0.1, -0.05) is 25.0 Å². The predicted octanol–water partition coefficient (Wildman–Crippen LogP) is 1.85. The number of ether oxygens (including phenoxy) is 1. The first-order chi connectivity index (χ1) is 15.0. The lowest BCUT2D eigenvalue weighted by Gasteiger charge is -2.13. The van der Waals surface area contributed by atoms with Crippen molar-refractivity contribution in [2.75, 3.05) is 0 Å². The van der Waals surface area contributed by atoms with Crippen LogP contribution in [0.5, 0.6) is 0 Å². The van der Waals surface area contributed by atoms with E-state index in [2.05, 4.69) is 31.6 Å². The van der Waals surface area contributed by atoms with E-state index in [1.54, 1.807) is 24.0 Å². The van der Waals surface area contributed by atoms with Crippen LogP contribution in [-0.2, 0) is 24.9 Å². The van der Waals surface area contributed by atoms with Gasteiger partial charge in [0.25, 0.3) is 0 Å². The Kier molecular flexibility index (Phi) is 6.77. The molecule has 3 rings (SSSR count). The van der Waals surface area contributed by atoms with Crippen molar-refractivity contribution < 1.29 is 4.74 Å². The number of aromatic nitrogens is 6. The SMILES string of the molecule is C#CCn1nccc1/C(C)=N/N=C(\CC)OCc1c(C)cccc1-n1nnn(C)c1=O. The van der Waals surface area contributed by atoms with Crippen molar-refractivity contribution in [3.63, 3.8) is 0 Å². The van der Waals surface area contributed by atoms with Crippen molar-refractivity contribution in [3.05, 3.63) is 57.8 Å². The summed E-state index contributed by atoms with van der Waals surface area (Å²) in [4.78, 5) is 12.3. The molecule has 0 aliphatic heterocycles. The third-order valence-electron chi connectivity index (χ3n) is 4.66. The van der Waals surface area contributed by atoms with Crippen LogP contribution in [0.1, 0.15) is 37.1 Å². The Bertz CT molecular complexity index is 1220. The maximum atomic E-state index is 12.3. The summed E-state index contributed by atoms with van der Waals surface area (Å²) in [6, 6.07) is 7.44. The van der Waals surface area contributed by atoms with Gasteiger partial charge >= 0.3 is 5.69 Å². The standard InChI is InChI=1S/C21H24N8O2/c1-6-13-28-18(11-12-22-28)16(4)23-24-20(7-2)31-14-17-15(3)9-8-10-19(17)29-21(30)27(5)25-26-29/h1,8-12H,7,13-14H2,2-5H3/b23-16+,24-20+. The molecular formula is C21H24N8O2. The maximum Gasteiger partial charge on any atom is 0.368 e. The Morgan fingerprint density at radius 2 is 2.06 bits per heavy atom. The van der Waals surface area contributed by atoms with E-state index in [9.17, 15) is 4.79 Å². The number of rotatable bonds is 7. The number of aryl methyl sites for hydroxylation is 2. The molecule has 2 heterocycles. The third kappa shape index (κ3) is 4.78. The quantitative estimate of drug-likeness (QED) is 0.251. The van der Waals surface area contributed by atoms with Crippen molar-refractivity contribution in [3.8, 4) is 18.0 Å². The molecule has 0 bridgehead atoms. The van der Waals surface area contributed by atoms with Crippen LogP contribution in [0.3, 0.4) is 0 Å². The molecule has 0 unspecified atom stereocenters. The molecule has 0 saturated heterocycles. The second-order valence-corrected chi connectivity index (χ2v) is 6.77. The Morgan fingerprint density at radius 1 is 1.26 bits per heavy atom. The normalized spacial score (nSPS) is 12.1. The summed E-state index contributed by atoms with van der Waals surface area (Å²) in [5, 5.41) is 20.4. The second kappa shape index (κ2) is 9.67. The molecule has 3 aromatic rings. The van der Waals surface area contributed by atoms with Crippen LogP contribution in [0.4, 0.5) is 0 Å². The van der Waals surface area contributed by atoms with E-state index >= 15 is 0 Å². The maximum absolute atomic E-state index is 12.3. The number of terminal acetylenes is 1. The Labute approximate surface area is 179 Å². The van der Waals surface area contributed by atoms with Gasteiger partial charge in [-0.15, -0.1) is 11.5 Å². The van der Waals surface area contributed by atoms with Gasteiger partial charge in [-0.05, 0) is 42.0 Å². The summed E-state index contributed by atoms with van der Waals surface area (Å²) >= 11 is 0. The fourth-order valence-electron chi connectivity index (χ4n) is 2.93. The van der Waals surface area contributed by atoms with Gasteiger partial charge in [0.1, 0.15) is 13.2 Å². The molecular weight excluding hydrogens is 396 g/mol. The number of tetrazole rings is 1. The average molecular weight is 420 g/mol. The fraction of sp³-hybridized carbons (Fsp3) is 0.333. The fourth-order valence-corrected chi connectivity index (χ4v) is 2.93. The number of nitrogens with zero attached hydrogens (tertiary/aromatic N) is 8. The molecule has 0 aliphatic rings. The third-order valence-corrected chi connectivity index (χ3v) is 4.66. The molecule has 1 aromatic carbocycles. The van der Waals surface area contributed by atoms with Crippen molar-refractivity contribution in [1.29, 1.82) is 0 Å². The Hall–Kier alpha value is -4.00. The van der Waals surface area contributed by atoms with Crippen molar-refractivity contribution >= 4 is 11.6 Å². The molecule has 31 heavy (non-hydrogen) atoms. The van der Waals surface area contributed by atoms with Crippen molar-refractivity contribution in [2.24, 2.45) is 17.3 Å². The topological polar surface area (TPSA) is 104 Å². The molecule has 2 aromatic heterocycles. The van der Waals surface area contributed by atoms with Crippen LogP contribution >= 0.6 is 0 Å². The average Bonchev–Trinajstić information content (AvgIpc) is 3.36. The molecule has 10 nitrogen and oxygen atoms in total. The van der Waals surface area contributed by atoms with E-state index < -0.39 is 0 Å². The van der Waals surface area contributed by atoms with Crippen LogP contribution < -0.4 is 5.69 Å². The van der Waals surface area contributed by atoms with E-state index in [-0.39, 0.29) is 12.3 Å². The predicted molar refractivity (Wildman–Crippen MR) is 117 cm³/mol. The molecule has 0 radical (unpaired) electrons. The molecule has 0 amide bonds. The molecule has 160 valence electrons. The lowest BCUT2D eigenvalue weighted by Crippen LogP contribution is -2.23. The largest absolute Gasteiger partial charge is 0.475 e. The highest BCUT2D eigenvalue weighted by Crippen LogP contribution is 2.18. The summed E-state index contributed by atoms with van der Waals surface area (Å²) in [5.74, 6) is 3.02. The van der Waals surface area contributed by atoms with Crippen LogP contribution in [0.15, 0.2) is 45.5 Å². The summed E-state index contributed by atoms with van der Waals surface area (Å²) in [6.07, 6.45) is 7.59. The summed E-state index contributed by atoms with van der Waals surface area (Å²) in [6.45, 7) is 6.27. The zero-order chi connectivity index (χ0) is 22.4. The van der Waals surface area contributed by atoms with Gasteiger partial charge in [-0.2, -0.15) is 19.6 Å². The lowest BCUT2D eigenvalue weighted by atomic mass is 10.1. The van der Waals surface area contributed by atoms with E-state index in [1.807, 2.05) is 39.0 Å². The van der Waals surface area contributed by atoms with E-state index in [4.69, 9.17) is 11.2 Å². The zero-order valence-electron chi connectivity index (χ0n) is 18.0. The minimum atomic E-state index is -0.333. The van der Waals surface area contributed by atoms with E-state index in [0.717, 1.165) is 16.8 Å². The van der Waals surface area contributed by atoms with Gasteiger partial charge in [0.05, 0.1) is 17.1 Å². The Morgan fingerprint density at radius 3 is 2.74 bits per heavy atom. The van der Waals surface area contributed by atoms with Gasteiger partial charge in [0.15, 0.2) is 0 Å². The Balaban J connectivity index is 1.83. The van der Waals surface area contributed by atoms with Crippen LogP contribution in [0.2, 0.25) is 0 Å². The first-order valence-corrected chi connectivity index (χ1v) is 9.73. The van der Waals surface area contributed by atoms with Gasteiger partial charge in [0.2, 0.25) is 5.90 Å².